The average Bonchev–Trinajstić information content (AvgIpc) is 2.88. The molecular formula is C20H22F3NO2S2. The van der Waals surface area contributed by atoms with E-state index in [9.17, 15) is 21.6 Å². The van der Waals surface area contributed by atoms with Crippen LogP contribution in [0.15, 0.2) is 48.5 Å². The number of benzene rings is 2. The van der Waals surface area contributed by atoms with Gasteiger partial charge in [-0.2, -0.15) is 24.9 Å². The largest absolute Gasteiger partial charge is 0.416 e. The summed E-state index contributed by atoms with van der Waals surface area (Å²) in [6, 6.07) is 12.5. The molecule has 0 N–H and O–H groups in total. The van der Waals surface area contributed by atoms with Gasteiger partial charge in [0.1, 0.15) is 0 Å². The highest BCUT2D eigenvalue weighted by Gasteiger charge is 2.31. The summed E-state index contributed by atoms with van der Waals surface area (Å²) in [5.74, 6) is 0.399. The Labute approximate surface area is 168 Å². The van der Waals surface area contributed by atoms with E-state index in [0.29, 0.717) is 30.8 Å². The maximum absolute atomic E-state index is 12.8. The minimum atomic E-state index is -4.43. The molecule has 0 spiro atoms. The number of hydrogen-bond acceptors (Lipinski definition) is 3. The molecule has 0 amide bonds. The fraction of sp³-hybridized carbons (Fsp3) is 0.400. The summed E-state index contributed by atoms with van der Waals surface area (Å²) < 4.78 is 65.1. The highest BCUT2D eigenvalue weighted by atomic mass is 32.2. The lowest BCUT2D eigenvalue weighted by Crippen LogP contribution is -2.34. The molecule has 3 rings (SSSR count). The van der Waals surface area contributed by atoms with Crippen molar-refractivity contribution < 1.29 is 21.6 Å². The van der Waals surface area contributed by atoms with Crippen LogP contribution >= 0.6 is 11.8 Å². The molecule has 0 aromatic heterocycles. The molecule has 2 aromatic rings. The number of nitrogens with zero attached hydrogens (tertiary/aromatic N) is 1. The van der Waals surface area contributed by atoms with Gasteiger partial charge in [-0.15, -0.1) is 0 Å². The van der Waals surface area contributed by atoms with Gasteiger partial charge >= 0.3 is 6.18 Å². The van der Waals surface area contributed by atoms with Crippen molar-refractivity contribution in [2.75, 3.05) is 18.8 Å². The third kappa shape index (κ3) is 5.10. The second-order valence-corrected chi connectivity index (χ2v) is 10.1. The first kappa shape index (κ1) is 21.2. The van der Waals surface area contributed by atoms with E-state index < -0.39 is 21.8 Å². The zero-order valence-corrected chi connectivity index (χ0v) is 17.1. The van der Waals surface area contributed by atoms with Gasteiger partial charge in [0.15, 0.2) is 0 Å². The highest BCUT2D eigenvalue weighted by Crippen LogP contribution is 2.36. The summed E-state index contributed by atoms with van der Waals surface area (Å²) >= 11 is 1.75. The third-order valence-corrected chi connectivity index (χ3v) is 8.02. The zero-order chi connectivity index (χ0) is 20.4. The molecule has 1 atom stereocenters. The Balaban J connectivity index is 1.68. The van der Waals surface area contributed by atoms with Crippen LogP contribution in [0.1, 0.15) is 33.9 Å². The molecule has 1 unspecified atom stereocenters. The SMILES string of the molecule is Cc1ccccc1C1CCN(S(=O)(=O)Cc2ccc(C(F)(F)F)cc2)CCS1. The van der Waals surface area contributed by atoms with Crippen LogP contribution in [0.3, 0.4) is 0 Å². The van der Waals surface area contributed by atoms with Gasteiger partial charge in [0.25, 0.3) is 0 Å². The minimum Gasteiger partial charge on any atom is -0.212 e. The summed E-state index contributed by atoms with van der Waals surface area (Å²) in [6.07, 6.45) is -3.72. The molecule has 2 aromatic carbocycles. The van der Waals surface area contributed by atoms with E-state index in [1.807, 2.05) is 12.1 Å². The Morgan fingerprint density at radius 3 is 2.39 bits per heavy atom. The Hall–Kier alpha value is -1.51. The van der Waals surface area contributed by atoms with Gasteiger partial charge in [-0.25, -0.2) is 12.7 Å². The second-order valence-electron chi connectivity index (χ2n) is 6.85. The van der Waals surface area contributed by atoms with E-state index >= 15 is 0 Å². The van der Waals surface area contributed by atoms with Crippen LogP contribution in [0.5, 0.6) is 0 Å². The Morgan fingerprint density at radius 1 is 1.07 bits per heavy atom. The van der Waals surface area contributed by atoms with Gasteiger partial charge in [-0.05, 0) is 42.2 Å². The van der Waals surface area contributed by atoms with Crippen molar-refractivity contribution in [1.82, 2.24) is 4.31 Å². The molecule has 1 saturated heterocycles. The maximum atomic E-state index is 12.8. The smallest absolute Gasteiger partial charge is 0.212 e. The fourth-order valence-corrected chi connectivity index (χ4v) is 6.31. The van der Waals surface area contributed by atoms with Gasteiger partial charge in [-0.3, -0.25) is 0 Å². The Morgan fingerprint density at radius 2 is 1.75 bits per heavy atom. The van der Waals surface area contributed by atoms with E-state index in [4.69, 9.17) is 0 Å². The molecule has 28 heavy (non-hydrogen) atoms. The molecular weight excluding hydrogens is 407 g/mol. The first-order chi connectivity index (χ1) is 13.2. The predicted molar refractivity (Wildman–Crippen MR) is 107 cm³/mol. The van der Waals surface area contributed by atoms with Crippen LogP contribution in [0.2, 0.25) is 0 Å². The zero-order valence-electron chi connectivity index (χ0n) is 15.4. The predicted octanol–water partition coefficient (Wildman–Crippen LogP) is 5.02. The van der Waals surface area contributed by atoms with Crippen molar-refractivity contribution >= 4 is 21.8 Å². The molecule has 0 radical (unpaired) electrons. The summed E-state index contributed by atoms with van der Waals surface area (Å²) in [4.78, 5) is 0. The lowest BCUT2D eigenvalue weighted by Gasteiger charge is -2.20. The Kier molecular flexibility index (Phi) is 6.41. The van der Waals surface area contributed by atoms with E-state index in [-0.39, 0.29) is 11.0 Å². The van der Waals surface area contributed by atoms with Crippen molar-refractivity contribution in [1.29, 1.82) is 0 Å². The van der Waals surface area contributed by atoms with Crippen LogP contribution in [0.4, 0.5) is 13.2 Å². The Bertz CT molecular complexity index is 912. The van der Waals surface area contributed by atoms with Crippen LogP contribution in [-0.4, -0.2) is 31.6 Å². The van der Waals surface area contributed by atoms with Gasteiger partial charge in [-0.1, -0.05) is 36.4 Å². The summed E-state index contributed by atoms with van der Waals surface area (Å²) in [7, 11) is -3.59. The first-order valence-electron chi connectivity index (χ1n) is 8.98. The molecule has 1 fully saturated rings. The van der Waals surface area contributed by atoms with E-state index in [1.165, 1.54) is 27.6 Å². The molecule has 1 aliphatic rings. The van der Waals surface area contributed by atoms with Crippen molar-refractivity contribution in [2.24, 2.45) is 0 Å². The van der Waals surface area contributed by atoms with E-state index in [0.717, 1.165) is 12.1 Å². The minimum absolute atomic E-state index is 0.243. The molecule has 8 heteroatoms. The number of aryl methyl sites for hydroxylation is 1. The number of hydrogen-bond donors (Lipinski definition) is 0. The highest BCUT2D eigenvalue weighted by molar-refractivity contribution is 7.99. The van der Waals surface area contributed by atoms with Crippen molar-refractivity contribution in [3.8, 4) is 0 Å². The van der Waals surface area contributed by atoms with Gasteiger partial charge in [0, 0.05) is 24.1 Å². The average molecular weight is 430 g/mol. The molecule has 0 bridgehead atoms. The first-order valence-corrected chi connectivity index (χ1v) is 11.6. The van der Waals surface area contributed by atoms with Crippen molar-refractivity contribution in [3.05, 3.63) is 70.8 Å². The van der Waals surface area contributed by atoms with E-state index in [2.05, 4.69) is 19.1 Å². The molecule has 0 aliphatic carbocycles. The molecule has 3 nitrogen and oxygen atoms in total. The van der Waals surface area contributed by atoms with Crippen LogP contribution in [-0.2, 0) is 22.0 Å². The lowest BCUT2D eigenvalue weighted by molar-refractivity contribution is -0.137. The quantitative estimate of drug-likeness (QED) is 0.685. The third-order valence-electron chi connectivity index (χ3n) is 4.86. The summed E-state index contributed by atoms with van der Waals surface area (Å²) in [6.45, 7) is 2.88. The second kappa shape index (κ2) is 8.47. The molecule has 1 heterocycles. The monoisotopic (exact) mass is 429 g/mol. The van der Waals surface area contributed by atoms with Crippen molar-refractivity contribution in [3.63, 3.8) is 0 Å². The molecule has 0 saturated carbocycles. The van der Waals surface area contributed by atoms with Gasteiger partial charge in [0.2, 0.25) is 10.0 Å². The van der Waals surface area contributed by atoms with Crippen LogP contribution in [0, 0.1) is 6.92 Å². The topological polar surface area (TPSA) is 37.4 Å². The lowest BCUT2D eigenvalue weighted by atomic mass is 10.0. The fourth-order valence-electron chi connectivity index (χ4n) is 3.32. The number of sulfonamides is 1. The number of thioether (sulfide) groups is 1. The van der Waals surface area contributed by atoms with Gasteiger partial charge < -0.3 is 0 Å². The van der Waals surface area contributed by atoms with E-state index in [1.54, 1.807) is 11.8 Å². The van der Waals surface area contributed by atoms with Gasteiger partial charge in [0.05, 0.1) is 11.3 Å². The van der Waals surface area contributed by atoms with Crippen LogP contribution in [0.25, 0.3) is 0 Å². The molecule has 152 valence electrons. The van der Waals surface area contributed by atoms with Crippen molar-refractivity contribution in [2.45, 2.75) is 30.5 Å². The van der Waals surface area contributed by atoms with Crippen LogP contribution < -0.4 is 0 Å². The maximum Gasteiger partial charge on any atom is 0.416 e. The summed E-state index contributed by atoms with van der Waals surface area (Å²) in [5.41, 5.74) is 2.01. The number of halogens is 3. The standard InChI is InChI=1S/C20H22F3NO2S2/c1-15-4-2-3-5-18(15)19-10-11-24(12-13-27-19)28(25,26)14-16-6-8-17(9-7-16)20(21,22)23/h2-9,19H,10-14H2,1H3. The number of rotatable bonds is 4. The molecule has 1 aliphatic heterocycles. The number of alkyl halides is 3. The normalized spacial score (nSPS) is 19.4. The summed E-state index contributed by atoms with van der Waals surface area (Å²) in [5, 5.41) is 0.243.